The van der Waals surface area contributed by atoms with Gasteiger partial charge in [-0.2, -0.15) is 0 Å². The lowest BCUT2D eigenvalue weighted by Gasteiger charge is -2.30. The Bertz CT molecular complexity index is 483. The highest BCUT2D eigenvalue weighted by Gasteiger charge is 2.37. The summed E-state index contributed by atoms with van der Waals surface area (Å²) >= 11 is 12.0. The Morgan fingerprint density at radius 2 is 1.85 bits per heavy atom. The highest BCUT2D eigenvalue weighted by Crippen LogP contribution is 2.36. The number of hydrogen-bond donors (Lipinski definition) is 2. The Morgan fingerprint density at radius 3 is 2.40 bits per heavy atom. The molecule has 1 aliphatic carbocycles. The molecule has 1 aromatic carbocycles. The fourth-order valence-corrected chi connectivity index (χ4v) is 3.23. The Labute approximate surface area is 129 Å². The zero-order valence-corrected chi connectivity index (χ0v) is 12.9. The molecule has 0 bridgehead atoms. The van der Waals surface area contributed by atoms with Crippen molar-refractivity contribution >= 4 is 34.8 Å². The van der Waals surface area contributed by atoms with Crippen LogP contribution < -0.4 is 11.1 Å². The maximum atomic E-state index is 12.6. The largest absolute Gasteiger partial charge is 0.329 e. The van der Waals surface area contributed by atoms with E-state index in [2.05, 4.69) is 5.32 Å². The maximum absolute atomic E-state index is 12.6. The van der Waals surface area contributed by atoms with Gasteiger partial charge in [0.2, 0.25) is 5.91 Å². The summed E-state index contributed by atoms with van der Waals surface area (Å²) in [5.41, 5.74) is 6.05. The molecule has 0 aliphatic heterocycles. The predicted molar refractivity (Wildman–Crippen MR) is 84.3 cm³/mol. The van der Waals surface area contributed by atoms with Crippen LogP contribution >= 0.6 is 23.2 Å². The second-order valence-corrected chi connectivity index (χ2v) is 6.32. The third-order valence-electron chi connectivity index (χ3n) is 4.11. The number of rotatable bonds is 3. The molecule has 20 heavy (non-hydrogen) atoms. The SMILES string of the molecule is NCC1(C(=O)Nc2ccc(Cl)cc2Cl)CCCCCC1. The first-order valence-corrected chi connectivity index (χ1v) is 7.79. The van der Waals surface area contributed by atoms with Gasteiger partial charge in [0.05, 0.1) is 16.1 Å². The molecule has 0 atom stereocenters. The van der Waals surface area contributed by atoms with Crippen molar-refractivity contribution in [3.8, 4) is 0 Å². The van der Waals surface area contributed by atoms with Crippen LogP contribution in [0.15, 0.2) is 18.2 Å². The molecule has 0 heterocycles. The Balaban J connectivity index is 2.16. The van der Waals surface area contributed by atoms with Crippen molar-refractivity contribution in [1.29, 1.82) is 0 Å². The summed E-state index contributed by atoms with van der Waals surface area (Å²) in [5.74, 6) is -0.0221. The normalized spacial score (nSPS) is 18.4. The van der Waals surface area contributed by atoms with E-state index in [4.69, 9.17) is 28.9 Å². The molecule has 0 spiro atoms. The van der Waals surface area contributed by atoms with Crippen LogP contribution in [0.1, 0.15) is 38.5 Å². The van der Waals surface area contributed by atoms with Crippen LogP contribution in [-0.4, -0.2) is 12.5 Å². The van der Waals surface area contributed by atoms with Crippen molar-refractivity contribution in [1.82, 2.24) is 0 Å². The summed E-state index contributed by atoms with van der Waals surface area (Å²) in [6, 6.07) is 5.07. The minimum absolute atomic E-state index is 0.0221. The van der Waals surface area contributed by atoms with Crippen molar-refractivity contribution in [2.45, 2.75) is 38.5 Å². The molecular weight excluding hydrogens is 295 g/mol. The van der Waals surface area contributed by atoms with Crippen LogP contribution in [0.2, 0.25) is 10.0 Å². The summed E-state index contributed by atoms with van der Waals surface area (Å²) in [4.78, 5) is 12.6. The van der Waals surface area contributed by atoms with Gasteiger partial charge in [-0.15, -0.1) is 0 Å². The zero-order chi connectivity index (χ0) is 14.6. The van der Waals surface area contributed by atoms with Crippen LogP contribution in [0.25, 0.3) is 0 Å². The number of benzene rings is 1. The highest BCUT2D eigenvalue weighted by molar-refractivity contribution is 6.36. The van der Waals surface area contributed by atoms with Crippen LogP contribution in [0.4, 0.5) is 5.69 Å². The fraction of sp³-hybridized carbons (Fsp3) is 0.533. The molecule has 1 aromatic rings. The molecule has 0 aromatic heterocycles. The fourth-order valence-electron chi connectivity index (χ4n) is 2.77. The van der Waals surface area contributed by atoms with E-state index in [0.717, 1.165) is 25.7 Å². The average molecular weight is 315 g/mol. The van der Waals surface area contributed by atoms with Gasteiger partial charge in [-0.3, -0.25) is 4.79 Å². The molecule has 1 amide bonds. The van der Waals surface area contributed by atoms with Crippen molar-refractivity contribution in [2.75, 3.05) is 11.9 Å². The lowest BCUT2D eigenvalue weighted by molar-refractivity contribution is -0.125. The van der Waals surface area contributed by atoms with Gasteiger partial charge in [0.15, 0.2) is 0 Å². The topological polar surface area (TPSA) is 55.1 Å². The minimum Gasteiger partial charge on any atom is -0.329 e. The van der Waals surface area contributed by atoms with Crippen LogP contribution in [0, 0.1) is 5.41 Å². The summed E-state index contributed by atoms with van der Waals surface area (Å²) in [6.45, 7) is 0.379. The molecule has 1 fully saturated rings. The smallest absolute Gasteiger partial charge is 0.231 e. The van der Waals surface area contributed by atoms with E-state index in [-0.39, 0.29) is 5.91 Å². The van der Waals surface area contributed by atoms with E-state index in [1.54, 1.807) is 18.2 Å². The molecule has 0 radical (unpaired) electrons. The van der Waals surface area contributed by atoms with Crippen molar-refractivity contribution < 1.29 is 4.79 Å². The van der Waals surface area contributed by atoms with E-state index >= 15 is 0 Å². The van der Waals surface area contributed by atoms with E-state index in [1.165, 1.54) is 12.8 Å². The van der Waals surface area contributed by atoms with Crippen molar-refractivity contribution in [3.63, 3.8) is 0 Å². The molecule has 0 saturated heterocycles. The molecule has 3 N–H and O–H groups in total. The van der Waals surface area contributed by atoms with Gasteiger partial charge in [0.1, 0.15) is 0 Å². The first-order chi connectivity index (χ1) is 9.57. The molecule has 0 unspecified atom stereocenters. The van der Waals surface area contributed by atoms with Gasteiger partial charge in [0.25, 0.3) is 0 Å². The van der Waals surface area contributed by atoms with Gasteiger partial charge in [-0.25, -0.2) is 0 Å². The van der Waals surface area contributed by atoms with Crippen LogP contribution in [0.3, 0.4) is 0 Å². The van der Waals surface area contributed by atoms with E-state index < -0.39 is 5.41 Å². The van der Waals surface area contributed by atoms with Gasteiger partial charge in [0, 0.05) is 11.6 Å². The number of amides is 1. The van der Waals surface area contributed by atoms with E-state index in [9.17, 15) is 4.79 Å². The predicted octanol–water partition coefficient (Wildman–Crippen LogP) is 4.23. The lowest BCUT2D eigenvalue weighted by atomic mass is 9.79. The monoisotopic (exact) mass is 314 g/mol. The average Bonchev–Trinajstić information content (AvgIpc) is 2.68. The number of hydrogen-bond acceptors (Lipinski definition) is 2. The summed E-state index contributed by atoms with van der Waals surface area (Å²) in [5, 5.41) is 3.92. The number of halogens is 2. The molecule has 5 heteroatoms. The molecule has 3 nitrogen and oxygen atoms in total. The first-order valence-electron chi connectivity index (χ1n) is 7.04. The quantitative estimate of drug-likeness (QED) is 0.820. The van der Waals surface area contributed by atoms with E-state index in [1.807, 2.05) is 0 Å². The second-order valence-electron chi connectivity index (χ2n) is 5.48. The summed E-state index contributed by atoms with van der Waals surface area (Å²) in [6.07, 6.45) is 6.16. The van der Waals surface area contributed by atoms with E-state index in [0.29, 0.717) is 22.3 Å². The number of anilines is 1. The second kappa shape index (κ2) is 6.79. The van der Waals surface area contributed by atoms with Gasteiger partial charge < -0.3 is 11.1 Å². The van der Waals surface area contributed by atoms with Crippen LogP contribution in [0.5, 0.6) is 0 Å². The molecule has 110 valence electrons. The standard InChI is InChI=1S/C15H20Cl2N2O/c16-11-5-6-13(12(17)9-11)19-14(20)15(10-18)7-3-1-2-4-8-15/h5-6,9H,1-4,7-8,10,18H2,(H,19,20). The van der Waals surface area contributed by atoms with Gasteiger partial charge in [-0.05, 0) is 31.0 Å². The van der Waals surface area contributed by atoms with Crippen molar-refractivity contribution in [2.24, 2.45) is 11.1 Å². The van der Waals surface area contributed by atoms with Gasteiger partial charge >= 0.3 is 0 Å². The molecule has 2 rings (SSSR count). The number of nitrogens with one attached hydrogen (secondary N) is 1. The zero-order valence-electron chi connectivity index (χ0n) is 11.4. The number of nitrogens with two attached hydrogens (primary N) is 1. The first kappa shape index (κ1) is 15.6. The molecule has 1 saturated carbocycles. The third-order valence-corrected chi connectivity index (χ3v) is 4.66. The molecule has 1 aliphatic rings. The van der Waals surface area contributed by atoms with Crippen LogP contribution in [-0.2, 0) is 4.79 Å². The number of carbonyl (C=O) groups excluding carboxylic acids is 1. The minimum atomic E-state index is -0.459. The summed E-state index contributed by atoms with van der Waals surface area (Å²) in [7, 11) is 0. The van der Waals surface area contributed by atoms with Gasteiger partial charge in [-0.1, -0.05) is 48.9 Å². The summed E-state index contributed by atoms with van der Waals surface area (Å²) < 4.78 is 0. The third kappa shape index (κ3) is 3.46. The van der Waals surface area contributed by atoms with Crippen molar-refractivity contribution in [3.05, 3.63) is 28.2 Å². The Kier molecular flexibility index (Phi) is 5.30. The number of carbonyl (C=O) groups is 1. The highest BCUT2D eigenvalue weighted by atomic mass is 35.5. The molecular formula is C15H20Cl2N2O. The maximum Gasteiger partial charge on any atom is 0.231 e. The lowest BCUT2D eigenvalue weighted by Crippen LogP contribution is -2.42. The Hall–Kier alpha value is -0.770. The Morgan fingerprint density at radius 1 is 1.20 bits per heavy atom.